The molecule has 2 aromatic carbocycles. The lowest BCUT2D eigenvalue weighted by Crippen LogP contribution is -2.84. The molecule has 6 rings (SSSR count). The van der Waals surface area contributed by atoms with Gasteiger partial charge in [-0.25, -0.2) is 9.18 Å². The zero-order chi connectivity index (χ0) is 22.3. The Kier molecular flexibility index (Phi) is 4.96. The van der Waals surface area contributed by atoms with Crippen molar-refractivity contribution in [3.05, 3.63) is 71.0 Å². The minimum atomic E-state index is -0.289. The number of nitrogens with zero attached hydrogens (tertiary/aromatic N) is 2. The largest absolute Gasteiger partial charge is 0.322 e. The average Bonchev–Trinajstić information content (AvgIpc) is 2.76. The highest BCUT2D eigenvalue weighted by Crippen LogP contribution is 2.63. The summed E-state index contributed by atoms with van der Waals surface area (Å²) < 4.78 is 13.6. The molecule has 4 aliphatic rings. The number of rotatable bonds is 5. The topological polar surface area (TPSA) is 35.6 Å². The Morgan fingerprint density at radius 2 is 1.84 bits per heavy atom. The van der Waals surface area contributed by atoms with E-state index in [9.17, 15) is 9.18 Å². The zero-order valence-electron chi connectivity index (χ0n) is 18.0. The second-order valence-corrected chi connectivity index (χ2v) is 9.26. The van der Waals surface area contributed by atoms with E-state index in [0.717, 1.165) is 36.8 Å². The number of carbonyl (C=O) groups excluding carboxylic acids is 1. The van der Waals surface area contributed by atoms with Gasteiger partial charge in [0.15, 0.2) is 0 Å². The molecule has 1 N–H and O–H groups in total. The Morgan fingerprint density at radius 3 is 2.53 bits per heavy atom. The van der Waals surface area contributed by atoms with Gasteiger partial charge in [-0.05, 0) is 54.5 Å². The zero-order valence-corrected chi connectivity index (χ0v) is 18.0. The summed E-state index contributed by atoms with van der Waals surface area (Å²) in [6.45, 7) is 1.41. The Hall–Kier alpha value is -3.28. The van der Waals surface area contributed by atoms with Gasteiger partial charge in [0, 0.05) is 12.1 Å². The fourth-order valence-corrected chi connectivity index (χ4v) is 5.91. The van der Waals surface area contributed by atoms with E-state index in [1.165, 1.54) is 17.7 Å². The fraction of sp³-hybridized carbons (Fsp3) is 0.370. The molecule has 1 heterocycles. The van der Waals surface area contributed by atoms with Crippen molar-refractivity contribution in [1.29, 1.82) is 0 Å². The van der Waals surface area contributed by atoms with Crippen molar-refractivity contribution in [3.8, 4) is 24.7 Å². The summed E-state index contributed by atoms with van der Waals surface area (Å²) in [6, 6.07) is 14.3. The molecule has 0 aromatic heterocycles. The van der Waals surface area contributed by atoms with E-state index < -0.39 is 0 Å². The number of fused-ring (bicyclic) bond motifs is 1. The molecule has 3 aliphatic carbocycles. The van der Waals surface area contributed by atoms with Crippen LogP contribution in [0.25, 0.3) is 0 Å². The number of urea groups is 1. The summed E-state index contributed by atoms with van der Waals surface area (Å²) in [5.74, 6) is 5.05. The van der Waals surface area contributed by atoms with Gasteiger partial charge < -0.3 is 15.1 Å². The molecule has 5 heteroatoms. The van der Waals surface area contributed by atoms with Gasteiger partial charge in [-0.15, -0.1) is 12.8 Å². The lowest BCUT2D eigenvalue weighted by atomic mass is 9.43. The number of hydrogen-bond acceptors (Lipinski definition) is 2. The van der Waals surface area contributed by atoms with Gasteiger partial charge in [0.05, 0.1) is 24.7 Å². The summed E-state index contributed by atoms with van der Waals surface area (Å²) in [7, 11) is 0. The third kappa shape index (κ3) is 3.17. The predicted octanol–water partition coefficient (Wildman–Crippen LogP) is 3.73. The summed E-state index contributed by atoms with van der Waals surface area (Å²) in [5.41, 5.74) is 3.05. The maximum absolute atomic E-state index is 14.0. The van der Waals surface area contributed by atoms with E-state index in [2.05, 4.69) is 29.3 Å². The average molecular weight is 428 g/mol. The van der Waals surface area contributed by atoms with Crippen molar-refractivity contribution >= 4 is 6.03 Å². The van der Waals surface area contributed by atoms with Crippen molar-refractivity contribution in [2.75, 3.05) is 19.6 Å². The first-order chi connectivity index (χ1) is 15.5. The Labute approximate surface area is 188 Å². The number of halogens is 1. The molecule has 4 nitrogen and oxygen atoms in total. The number of carbonyl (C=O) groups is 1. The van der Waals surface area contributed by atoms with Crippen LogP contribution in [0.15, 0.2) is 48.5 Å². The molecule has 2 bridgehead atoms. The SMILES string of the molecule is C#CCNC12CC(N(CC#C)C(=O)N3CCc4ccccc4[C@@H]3c3ccc(F)cc3)(C1)C2. The molecular weight excluding hydrogens is 401 g/mol. The molecule has 1 aliphatic heterocycles. The highest BCUT2D eigenvalue weighted by atomic mass is 19.1. The van der Waals surface area contributed by atoms with Gasteiger partial charge in [0.1, 0.15) is 5.82 Å². The van der Waals surface area contributed by atoms with Crippen LogP contribution in [0.3, 0.4) is 0 Å². The van der Waals surface area contributed by atoms with Gasteiger partial charge in [0.25, 0.3) is 0 Å². The van der Waals surface area contributed by atoms with Crippen LogP contribution in [0.1, 0.15) is 42.0 Å². The van der Waals surface area contributed by atoms with Gasteiger partial charge in [-0.1, -0.05) is 48.2 Å². The normalized spacial score (nSPS) is 27.2. The highest BCUT2D eigenvalue weighted by molar-refractivity contribution is 5.78. The third-order valence-corrected chi connectivity index (χ3v) is 7.34. The molecule has 1 atom stereocenters. The summed E-state index contributed by atoms with van der Waals surface area (Å²) in [6.07, 6.45) is 14.5. The van der Waals surface area contributed by atoms with Gasteiger partial charge in [0.2, 0.25) is 0 Å². The lowest BCUT2D eigenvalue weighted by Gasteiger charge is -2.73. The summed E-state index contributed by atoms with van der Waals surface area (Å²) in [4.78, 5) is 17.8. The molecule has 162 valence electrons. The molecule has 2 amide bonds. The molecular formula is C27H26FN3O. The molecule has 3 saturated carbocycles. The van der Waals surface area contributed by atoms with Crippen molar-refractivity contribution in [1.82, 2.24) is 15.1 Å². The van der Waals surface area contributed by atoms with Crippen molar-refractivity contribution in [3.63, 3.8) is 0 Å². The smallest absolute Gasteiger partial charge is 0.313 e. The molecule has 0 saturated heterocycles. The molecule has 32 heavy (non-hydrogen) atoms. The van der Waals surface area contributed by atoms with E-state index in [-0.39, 0.29) is 35.5 Å². The highest BCUT2D eigenvalue weighted by Gasteiger charge is 2.71. The van der Waals surface area contributed by atoms with Crippen LogP contribution in [0, 0.1) is 30.5 Å². The van der Waals surface area contributed by atoms with Crippen LogP contribution in [0.4, 0.5) is 9.18 Å². The van der Waals surface area contributed by atoms with E-state index >= 15 is 0 Å². The van der Waals surface area contributed by atoms with Crippen LogP contribution in [0.5, 0.6) is 0 Å². The van der Waals surface area contributed by atoms with E-state index in [1.54, 1.807) is 12.1 Å². The third-order valence-electron chi connectivity index (χ3n) is 7.34. The number of hydrogen-bond donors (Lipinski definition) is 1. The van der Waals surface area contributed by atoms with Crippen LogP contribution in [-0.4, -0.2) is 46.5 Å². The summed E-state index contributed by atoms with van der Waals surface area (Å²) >= 11 is 0. The minimum Gasteiger partial charge on any atom is -0.313 e. The number of benzene rings is 2. The quantitative estimate of drug-likeness (QED) is 0.739. The Balaban J connectivity index is 1.45. The van der Waals surface area contributed by atoms with Crippen LogP contribution in [0.2, 0.25) is 0 Å². The first-order valence-electron chi connectivity index (χ1n) is 11.0. The van der Waals surface area contributed by atoms with Crippen molar-refractivity contribution < 1.29 is 9.18 Å². The van der Waals surface area contributed by atoms with Crippen LogP contribution in [-0.2, 0) is 6.42 Å². The van der Waals surface area contributed by atoms with E-state index in [0.29, 0.717) is 13.1 Å². The Morgan fingerprint density at radius 1 is 1.12 bits per heavy atom. The molecule has 0 radical (unpaired) electrons. The first kappa shape index (κ1) is 20.6. The van der Waals surface area contributed by atoms with Gasteiger partial charge in [-0.2, -0.15) is 0 Å². The van der Waals surface area contributed by atoms with Crippen LogP contribution < -0.4 is 5.32 Å². The van der Waals surface area contributed by atoms with E-state index in [1.807, 2.05) is 21.9 Å². The number of amides is 2. The first-order valence-corrected chi connectivity index (χ1v) is 11.0. The molecule has 0 spiro atoms. The second-order valence-electron chi connectivity index (χ2n) is 9.26. The number of nitrogens with one attached hydrogen (secondary N) is 1. The maximum atomic E-state index is 14.0. The van der Waals surface area contributed by atoms with E-state index in [4.69, 9.17) is 12.8 Å². The molecule has 2 aromatic rings. The lowest BCUT2D eigenvalue weighted by molar-refractivity contribution is -0.159. The second kappa shape index (κ2) is 7.69. The monoisotopic (exact) mass is 427 g/mol. The van der Waals surface area contributed by atoms with Crippen LogP contribution >= 0.6 is 0 Å². The van der Waals surface area contributed by atoms with Gasteiger partial charge >= 0.3 is 6.03 Å². The minimum absolute atomic E-state index is 0.0444. The fourth-order valence-electron chi connectivity index (χ4n) is 5.91. The summed E-state index contributed by atoms with van der Waals surface area (Å²) in [5, 5.41) is 3.43. The number of terminal acetylenes is 2. The molecule has 3 fully saturated rings. The standard InChI is InChI=1S/C27H26FN3O/c1-3-14-29-26-17-27(18-26,19-26)31(15-4-2)25(32)30-16-13-20-7-5-6-8-23(20)24(30)21-9-11-22(28)12-10-21/h1-2,5-12,24,29H,13-19H2/t24-,26?,27?/m0/s1. The van der Waals surface area contributed by atoms with Crippen molar-refractivity contribution in [2.24, 2.45) is 0 Å². The molecule has 0 unspecified atom stereocenters. The van der Waals surface area contributed by atoms with Gasteiger partial charge in [-0.3, -0.25) is 0 Å². The van der Waals surface area contributed by atoms with Crippen molar-refractivity contribution in [2.45, 2.75) is 42.8 Å². The maximum Gasteiger partial charge on any atom is 0.322 e. The predicted molar refractivity (Wildman–Crippen MR) is 122 cm³/mol. The Bertz CT molecular complexity index is 1110.